The summed E-state index contributed by atoms with van der Waals surface area (Å²) < 4.78 is 0. The molecule has 1 aliphatic heterocycles. The Balaban J connectivity index is 1.61. The van der Waals surface area contributed by atoms with E-state index in [0.717, 1.165) is 44.4 Å². The molecule has 3 nitrogen and oxygen atoms in total. The monoisotopic (exact) mass is 395 g/mol. The van der Waals surface area contributed by atoms with E-state index in [1.165, 1.54) is 4.90 Å². The standard InChI is InChI=1S/C25H17NO2S/c27-24-23(29-25(28)26(24)16-17-8-2-1-3-9-17)15-22-20-12-6-4-10-18(20)14-19-11-5-7-13-21(19)22/h1-15H,16H2/b23-15+. The molecule has 0 spiro atoms. The molecule has 4 heteroatoms. The summed E-state index contributed by atoms with van der Waals surface area (Å²) in [6.07, 6.45) is 1.88. The average Bonchev–Trinajstić information content (AvgIpc) is 3.02. The van der Waals surface area contributed by atoms with Crippen molar-refractivity contribution in [1.82, 2.24) is 4.90 Å². The van der Waals surface area contributed by atoms with Gasteiger partial charge in [-0.2, -0.15) is 0 Å². The summed E-state index contributed by atoms with van der Waals surface area (Å²) in [5.74, 6) is -0.235. The zero-order chi connectivity index (χ0) is 19.8. The first-order valence-corrected chi connectivity index (χ1v) is 10.2. The molecule has 0 aliphatic carbocycles. The Labute approximate surface area is 172 Å². The number of thioether (sulfide) groups is 1. The Morgan fingerprint density at radius 1 is 0.759 bits per heavy atom. The van der Waals surface area contributed by atoms with Crippen LogP contribution in [-0.4, -0.2) is 16.0 Å². The van der Waals surface area contributed by atoms with Gasteiger partial charge in [-0.15, -0.1) is 0 Å². The third kappa shape index (κ3) is 3.22. The van der Waals surface area contributed by atoms with E-state index in [1.807, 2.05) is 60.7 Å². The highest BCUT2D eigenvalue weighted by molar-refractivity contribution is 8.18. The van der Waals surface area contributed by atoms with Crippen LogP contribution < -0.4 is 0 Å². The number of amides is 2. The first-order chi connectivity index (χ1) is 14.2. The van der Waals surface area contributed by atoms with Crippen molar-refractivity contribution >= 4 is 50.5 Å². The number of carbonyl (C=O) groups is 2. The van der Waals surface area contributed by atoms with Crippen LogP contribution in [0.1, 0.15) is 11.1 Å². The van der Waals surface area contributed by atoms with Crippen LogP contribution in [0.4, 0.5) is 4.79 Å². The predicted octanol–water partition coefficient (Wildman–Crippen LogP) is 6.23. The third-order valence-electron chi connectivity index (χ3n) is 5.15. The van der Waals surface area contributed by atoms with Crippen molar-refractivity contribution < 1.29 is 9.59 Å². The highest BCUT2D eigenvalue weighted by Crippen LogP contribution is 2.37. The number of benzene rings is 4. The van der Waals surface area contributed by atoms with Crippen molar-refractivity contribution in [3.05, 3.63) is 101 Å². The lowest BCUT2D eigenvalue weighted by molar-refractivity contribution is -0.123. The van der Waals surface area contributed by atoms with Gasteiger partial charge in [-0.1, -0.05) is 78.9 Å². The minimum Gasteiger partial charge on any atom is -0.268 e. The molecule has 0 saturated carbocycles. The van der Waals surface area contributed by atoms with Crippen molar-refractivity contribution in [3.63, 3.8) is 0 Å². The van der Waals surface area contributed by atoms with Gasteiger partial charge in [0.15, 0.2) is 0 Å². The van der Waals surface area contributed by atoms with Crippen LogP contribution >= 0.6 is 11.8 Å². The third-order valence-corrected chi connectivity index (χ3v) is 6.05. The summed E-state index contributed by atoms with van der Waals surface area (Å²) in [6, 6.07) is 28.0. The molecule has 140 valence electrons. The van der Waals surface area contributed by atoms with Gasteiger partial charge in [0.2, 0.25) is 0 Å². The van der Waals surface area contributed by atoms with E-state index in [1.54, 1.807) is 0 Å². The van der Waals surface area contributed by atoms with Gasteiger partial charge >= 0.3 is 0 Å². The Hall–Kier alpha value is -3.37. The van der Waals surface area contributed by atoms with Crippen LogP contribution in [0.25, 0.3) is 27.6 Å². The van der Waals surface area contributed by atoms with Crippen LogP contribution in [0.5, 0.6) is 0 Å². The molecule has 0 atom stereocenters. The summed E-state index contributed by atoms with van der Waals surface area (Å²) in [5.41, 5.74) is 1.91. The highest BCUT2D eigenvalue weighted by atomic mass is 32.2. The van der Waals surface area contributed by atoms with Crippen molar-refractivity contribution in [1.29, 1.82) is 0 Å². The number of carbonyl (C=O) groups excluding carboxylic acids is 2. The Kier molecular flexibility index (Phi) is 4.41. The van der Waals surface area contributed by atoms with Gasteiger partial charge < -0.3 is 0 Å². The fourth-order valence-corrected chi connectivity index (χ4v) is 4.56. The van der Waals surface area contributed by atoms with Gasteiger partial charge in [-0.25, -0.2) is 0 Å². The number of hydrogen-bond donors (Lipinski definition) is 0. The fraction of sp³-hybridized carbons (Fsp3) is 0.0400. The van der Waals surface area contributed by atoms with Crippen molar-refractivity contribution in [2.45, 2.75) is 6.54 Å². The molecular weight excluding hydrogens is 378 g/mol. The van der Waals surface area contributed by atoms with Crippen molar-refractivity contribution in [3.8, 4) is 0 Å². The minimum atomic E-state index is -0.235. The number of fused-ring (bicyclic) bond motifs is 2. The maximum atomic E-state index is 13.0. The molecule has 1 saturated heterocycles. The average molecular weight is 395 g/mol. The Morgan fingerprint density at radius 3 is 2.00 bits per heavy atom. The van der Waals surface area contributed by atoms with E-state index < -0.39 is 0 Å². The lowest BCUT2D eigenvalue weighted by Gasteiger charge is -2.12. The lowest BCUT2D eigenvalue weighted by atomic mass is 9.96. The first-order valence-electron chi connectivity index (χ1n) is 9.40. The molecule has 0 unspecified atom stereocenters. The molecule has 1 heterocycles. The topological polar surface area (TPSA) is 37.4 Å². The van der Waals surface area contributed by atoms with Crippen LogP contribution in [-0.2, 0) is 11.3 Å². The van der Waals surface area contributed by atoms with Crippen LogP contribution in [0.3, 0.4) is 0 Å². The van der Waals surface area contributed by atoms with Crippen LogP contribution in [0, 0.1) is 0 Å². The highest BCUT2D eigenvalue weighted by Gasteiger charge is 2.35. The van der Waals surface area contributed by atoms with Crippen molar-refractivity contribution in [2.24, 2.45) is 0 Å². The molecule has 0 bridgehead atoms. The molecule has 2 amide bonds. The van der Waals surface area contributed by atoms with E-state index >= 15 is 0 Å². The molecule has 5 rings (SSSR count). The zero-order valence-corrected chi connectivity index (χ0v) is 16.4. The summed E-state index contributed by atoms with van der Waals surface area (Å²) in [6.45, 7) is 0.291. The van der Waals surface area contributed by atoms with Gasteiger partial charge in [0, 0.05) is 0 Å². The largest absolute Gasteiger partial charge is 0.293 e. The minimum absolute atomic E-state index is 0.227. The lowest BCUT2D eigenvalue weighted by Crippen LogP contribution is -2.27. The second-order valence-corrected chi connectivity index (χ2v) is 7.98. The number of rotatable bonds is 3. The molecule has 1 fully saturated rings. The van der Waals surface area contributed by atoms with E-state index in [-0.39, 0.29) is 11.1 Å². The molecule has 1 aliphatic rings. The van der Waals surface area contributed by atoms with Gasteiger partial charge in [-0.05, 0) is 56.6 Å². The maximum Gasteiger partial charge on any atom is 0.293 e. The van der Waals surface area contributed by atoms with E-state index in [9.17, 15) is 9.59 Å². The molecular formula is C25H17NO2S. The number of hydrogen-bond acceptors (Lipinski definition) is 3. The molecule has 4 aromatic carbocycles. The molecule has 29 heavy (non-hydrogen) atoms. The summed E-state index contributed by atoms with van der Waals surface area (Å²) in [5, 5.41) is 4.14. The Bertz CT molecular complexity index is 1240. The molecule has 4 aromatic rings. The van der Waals surface area contributed by atoms with E-state index in [4.69, 9.17) is 0 Å². The van der Waals surface area contributed by atoms with E-state index in [2.05, 4.69) is 30.3 Å². The second kappa shape index (κ2) is 7.22. The molecule has 0 aromatic heterocycles. The number of imide groups is 1. The summed E-state index contributed by atoms with van der Waals surface area (Å²) in [4.78, 5) is 27.3. The van der Waals surface area contributed by atoms with Crippen molar-refractivity contribution in [2.75, 3.05) is 0 Å². The van der Waals surface area contributed by atoms with Crippen LogP contribution in [0.15, 0.2) is 89.8 Å². The summed E-state index contributed by atoms with van der Waals surface area (Å²) in [7, 11) is 0. The normalized spacial score (nSPS) is 15.7. The predicted molar refractivity (Wildman–Crippen MR) is 119 cm³/mol. The van der Waals surface area contributed by atoms with E-state index in [0.29, 0.717) is 11.4 Å². The van der Waals surface area contributed by atoms with Gasteiger partial charge in [0.1, 0.15) is 0 Å². The Morgan fingerprint density at radius 2 is 1.34 bits per heavy atom. The van der Waals surface area contributed by atoms with Gasteiger partial charge in [0.05, 0.1) is 11.4 Å². The maximum absolute atomic E-state index is 13.0. The molecule has 0 radical (unpaired) electrons. The fourth-order valence-electron chi connectivity index (χ4n) is 3.74. The first kappa shape index (κ1) is 17.7. The number of nitrogens with zero attached hydrogens (tertiary/aromatic N) is 1. The van der Waals surface area contributed by atoms with Gasteiger partial charge in [-0.3, -0.25) is 14.5 Å². The summed E-state index contributed by atoms with van der Waals surface area (Å²) >= 11 is 1.01. The quantitative estimate of drug-likeness (QED) is 0.305. The zero-order valence-electron chi connectivity index (χ0n) is 15.5. The SMILES string of the molecule is O=C1S/C(=C/c2c3ccccc3cc3ccccc23)C(=O)N1Cc1ccccc1. The second-order valence-electron chi connectivity index (χ2n) is 6.99. The van der Waals surface area contributed by atoms with Gasteiger partial charge in [0.25, 0.3) is 11.1 Å². The smallest absolute Gasteiger partial charge is 0.268 e. The molecule has 0 N–H and O–H groups in total. The van der Waals surface area contributed by atoms with Crippen LogP contribution in [0.2, 0.25) is 0 Å².